The van der Waals surface area contributed by atoms with Gasteiger partial charge in [0.15, 0.2) is 5.54 Å². The van der Waals surface area contributed by atoms with Crippen molar-refractivity contribution in [1.82, 2.24) is 25.1 Å². The van der Waals surface area contributed by atoms with E-state index in [-0.39, 0.29) is 24.6 Å². The molecule has 2 aliphatic rings. The van der Waals surface area contributed by atoms with Crippen molar-refractivity contribution in [3.05, 3.63) is 83.7 Å². The average Bonchev–Trinajstić information content (AvgIpc) is 3.43. The molecule has 5 rings (SSSR count). The van der Waals surface area contributed by atoms with Gasteiger partial charge in [-0.25, -0.2) is 14.2 Å². The number of nitrogens with zero attached hydrogens (tertiary/aromatic N) is 3. The van der Waals surface area contributed by atoms with Crippen molar-refractivity contribution in [3.63, 3.8) is 0 Å². The van der Waals surface area contributed by atoms with Crippen LogP contribution in [0.2, 0.25) is 0 Å². The van der Waals surface area contributed by atoms with Gasteiger partial charge in [-0.05, 0) is 35.4 Å². The molecule has 0 bridgehead atoms. The molecule has 1 aromatic heterocycles. The van der Waals surface area contributed by atoms with Crippen molar-refractivity contribution >= 4 is 17.8 Å². The predicted octanol–water partition coefficient (Wildman–Crippen LogP) is 1.70. The maximum atomic E-state index is 13.6. The van der Waals surface area contributed by atoms with Crippen LogP contribution in [0.3, 0.4) is 0 Å². The van der Waals surface area contributed by atoms with E-state index in [1.165, 1.54) is 17.0 Å². The molecule has 0 radical (unpaired) electrons. The highest BCUT2D eigenvalue weighted by Gasteiger charge is 2.50. The van der Waals surface area contributed by atoms with Crippen LogP contribution in [-0.4, -0.2) is 38.8 Å². The van der Waals surface area contributed by atoms with Gasteiger partial charge >= 0.3 is 6.03 Å². The van der Waals surface area contributed by atoms with E-state index in [2.05, 4.69) is 15.6 Å². The Morgan fingerprint density at radius 1 is 1.10 bits per heavy atom. The van der Waals surface area contributed by atoms with Crippen LogP contribution in [0.5, 0.6) is 0 Å². The van der Waals surface area contributed by atoms with Crippen LogP contribution in [-0.2, 0) is 16.9 Å². The lowest BCUT2D eigenvalue weighted by molar-refractivity contribution is -0.124. The minimum Gasteiger partial charge on any atom is -0.331 e. The molecule has 2 aliphatic heterocycles. The normalized spacial score (nSPS) is 20.3. The molecule has 3 aromatic rings. The van der Waals surface area contributed by atoms with Gasteiger partial charge < -0.3 is 14.8 Å². The highest BCUT2D eigenvalue weighted by atomic mass is 19.1. The van der Waals surface area contributed by atoms with E-state index in [1.807, 2.05) is 0 Å². The maximum absolute atomic E-state index is 13.6. The van der Waals surface area contributed by atoms with Crippen molar-refractivity contribution in [2.75, 3.05) is 6.54 Å². The number of benzene rings is 2. The second-order valence-corrected chi connectivity index (χ2v) is 7.29. The molecule has 150 valence electrons. The first-order valence-corrected chi connectivity index (χ1v) is 9.26. The van der Waals surface area contributed by atoms with Gasteiger partial charge in [0.05, 0.1) is 12.9 Å². The first kappa shape index (κ1) is 18.0. The number of aromatic nitrogens is 2. The van der Waals surface area contributed by atoms with Crippen LogP contribution >= 0.6 is 0 Å². The van der Waals surface area contributed by atoms with Crippen molar-refractivity contribution in [2.24, 2.45) is 0 Å². The number of halogens is 1. The Kier molecular flexibility index (Phi) is 3.92. The Bertz CT molecular complexity index is 1180. The SMILES string of the molecule is O=C1NC(=O)C(CN2Cc3ccc(F)cc3C2=O)(c2ccc(-n3ccnc3)cc2)N1. The summed E-state index contributed by atoms with van der Waals surface area (Å²) in [4.78, 5) is 43.1. The molecule has 0 spiro atoms. The molecule has 2 aromatic carbocycles. The minimum atomic E-state index is -1.44. The summed E-state index contributed by atoms with van der Waals surface area (Å²) in [7, 11) is 0. The minimum absolute atomic E-state index is 0.0792. The third-order valence-electron chi connectivity index (χ3n) is 5.48. The number of imide groups is 1. The summed E-state index contributed by atoms with van der Waals surface area (Å²) in [6.45, 7) is 0.149. The highest BCUT2D eigenvalue weighted by Crippen LogP contribution is 2.31. The summed E-state index contributed by atoms with van der Waals surface area (Å²) in [5.74, 6) is -1.42. The maximum Gasteiger partial charge on any atom is 0.322 e. The van der Waals surface area contributed by atoms with Crippen LogP contribution in [0.1, 0.15) is 21.5 Å². The van der Waals surface area contributed by atoms with Gasteiger partial charge in [0, 0.05) is 30.2 Å². The number of carbonyl (C=O) groups is 3. The molecular weight excluding hydrogens is 389 g/mol. The first-order valence-electron chi connectivity index (χ1n) is 9.26. The highest BCUT2D eigenvalue weighted by molar-refractivity contribution is 6.08. The number of imidazole rings is 1. The molecule has 0 aliphatic carbocycles. The Morgan fingerprint density at radius 3 is 2.57 bits per heavy atom. The van der Waals surface area contributed by atoms with Gasteiger partial charge in [-0.2, -0.15) is 0 Å². The molecule has 2 N–H and O–H groups in total. The Balaban J connectivity index is 1.50. The summed E-state index contributed by atoms with van der Waals surface area (Å²) in [5, 5.41) is 4.95. The smallest absolute Gasteiger partial charge is 0.322 e. The fourth-order valence-electron chi connectivity index (χ4n) is 3.97. The van der Waals surface area contributed by atoms with Gasteiger partial charge in [0.25, 0.3) is 11.8 Å². The summed E-state index contributed by atoms with van der Waals surface area (Å²) < 4.78 is 15.4. The summed E-state index contributed by atoms with van der Waals surface area (Å²) in [6, 6.07) is 10.5. The summed E-state index contributed by atoms with van der Waals surface area (Å²) >= 11 is 0. The predicted molar refractivity (Wildman–Crippen MR) is 103 cm³/mol. The topological polar surface area (TPSA) is 96.3 Å². The number of nitrogens with one attached hydrogen (secondary N) is 2. The standard InChI is InChI=1S/C21H16FN5O3/c22-15-4-1-13-10-27(18(28)17(13)9-15)11-21(19(29)24-20(30)25-21)14-2-5-16(6-3-14)26-8-7-23-12-26/h1-9,12H,10-11H2,(H2,24,25,29,30). The van der Waals surface area contributed by atoms with E-state index < -0.39 is 23.3 Å². The van der Waals surface area contributed by atoms with E-state index in [9.17, 15) is 18.8 Å². The van der Waals surface area contributed by atoms with Crippen LogP contribution in [0.15, 0.2) is 61.2 Å². The Labute approximate surface area is 170 Å². The zero-order valence-corrected chi connectivity index (χ0v) is 15.6. The molecule has 30 heavy (non-hydrogen) atoms. The van der Waals surface area contributed by atoms with E-state index in [0.29, 0.717) is 11.1 Å². The van der Waals surface area contributed by atoms with Crippen LogP contribution < -0.4 is 10.6 Å². The van der Waals surface area contributed by atoms with E-state index in [4.69, 9.17) is 0 Å². The third kappa shape index (κ3) is 2.74. The molecule has 1 fully saturated rings. The molecule has 4 amide bonds. The number of fused-ring (bicyclic) bond motifs is 1. The Hall–Kier alpha value is -4.01. The van der Waals surface area contributed by atoms with Crippen molar-refractivity contribution in [2.45, 2.75) is 12.1 Å². The number of rotatable bonds is 4. The van der Waals surface area contributed by atoms with Crippen molar-refractivity contribution < 1.29 is 18.8 Å². The summed E-state index contributed by atoms with van der Waals surface area (Å²) in [5.41, 5.74) is 0.865. The molecule has 3 heterocycles. The second kappa shape index (κ2) is 6.51. The molecule has 9 heteroatoms. The Morgan fingerprint density at radius 2 is 1.90 bits per heavy atom. The molecule has 0 saturated carbocycles. The van der Waals surface area contributed by atoms with Gasteiger partial charge in [0.2, 0.25) is 0 Å². The third-order valence-corrected chi connectivity index (χ3v) is 5.48. The summed E-state index contributed by atoms with van der Waals surface area (Å²) in [6.07, 6.45) is 5.09. The fraction of sp³-hybridized carbons (Fsp3) is 0.143. The van der Waals surface area contributed by atoms with Crippen molar-refractivity contribution in [1.29, 1.82) is 0 Å². The zero-order chi connectivity index (χ0) is 20.9. The number of hydrogen-bond acceptors (Lipinski definition) is 4. The van der Waals surface area contributed by atoms with Crippen LogP contribution in [0, 0.1) is 5.82 Å². The number of urea groups is 1. The molecular formula is C21H16FN5O3. The van der Waals surface area contributed by atoms with E-state index >= 15 is 0 Å². The lowest BCUT2D eigenvalue weighted by Gasteiger charge is -2.31. The van der Waals surface area contributed by atoms with E-state index in [1.54, 1.807) is 53.6 Å². The van der Waals surface area contributed by atoms with Crippen LogP contribution in [0.4, 0.5) is 9.18 Å². The molecule has 1 saturated heterocycles. The van der Waals surface area contributed by atoms with Gasteiger partial charge in [-0.1, -0.05) is 18.2 Å². The zero-order valence-electron chi connectivity index (χ0n) is 15.6. The number of hydrogen-bond donors (Lipinski definition) is 2. The average molecular weight is 405 g/mol. The lowest BCUT2D eigenvalue weighted by atomic mass is 9.89. The number of carbonyl (C=O) groups excluding carboxylic acids is 3. The largest absolute Gasteiger partial charge is 0.331 e. The number of amides is 4. The second-order valence-electron chi connectivity index (χ2n) is 7.29. The van der Waals surface area contributed by atoms with E-state index in [0.717, 1.165) is 5.69 Å². The quantitative estimate of drug-likeness (QED) is 0.646. The molecule has 1 atom stereocenters. The van der Waals surface area contributed by atoms with Crippen molar-refractivity contribution in [3.8, 4) is 5.69 Å². The van der Waals surface area contributed by atoms with Gasteiger partial charge in [-0.3, -0.25) is 14.9 Å². The fourth-order valence-corrected chi connectivity index (χ4v) is 3.97. The molecule has 8 nitrogen and oxygen atoms in total. The molecule has 1 unspecified atom stereocenters. The van der Waals surface area contributed by atoms with Gasteiger partial charge in [-0.15, -0.1) is 0 Å². The van der Waals surface area contributed by atoms with Crippen LogP contribution in [0.25, 0.3) is 5.69 Å². The van der Waals surface area contributed by atoms with Gasteiger partial charge in [0.1, 0.15) is 5.82 Å². The lowest BCUT2D eigenvalue weighted by Crippen LogP contribution is -2.52. The monoisotopic (exact) mass is 405 g/mol. The first-order chi connectivity index (χ1) is 14.5.